The molecule has 0 atom stereocenters. The van der Waals surface area contributed by atoms with Gasteiger partial charge >= 0.3 is 5.97 Å². The van der Waals surface area contributed by atoms with Crippen molar-refractivity contribution in [3.05, 3.63) is 65.2 Å². The first-order valence-corrected chi connectivity index (χ1v) is 7.04. The Hall–Kier alpha value is -2.47. The van der Waals surface area contributed by atoms with Gasteiger partial charge in [-0.05, 0) is 17.7 Å². The molecule has 6 heteroatoms. The zero-order valence-corrected chi connectivity index (χ0v) is 12.6. The smallest absolute Gasteiger partial charge is 0.341 e. The summed E-state index contributed by atoms with van der Waals surface area (Å²) >= 11 is 0. The van der Waals surface area contributed by atoms with Crippen LogP contribution in [0.25, 0.3) is 0 Å². The van der Waals surface area contributed by atoms with Crippen LogP contribution in [0.5, 0.6) is 0 Å². The van der Waals surface area contributed by atoms with Crippen LogP contribution in [0.15, 0.2) is 42.5 Å². The molecule has 2 aromatic rings. The molecule has 0 radical (unpaired) electrons. The van der Waals surface area contributed by atoms with Crippen molar-refractivity contribution in [1.29, 1.82) is 0 Å². The van der Waals surface area contributed by atoms with Gasteiger partial charge in [0.15, 0.2) is 0 Å². The minimum atomic E-state index is -1.62. The number of aromatic carboxylic acids is 1. The minimum absolute atomic E-state index is 0.258. The normalized spacial score (nSPS) is 10.6. The SMILES string of the molecule is CN(CCOCc1ccccc1)c1cc(F)c(C(=O)O)c(F)c1. The van der Waals surface area contributed by atoms with E-state index in [-0.39, 0.29) is 5.69 Å². The van der Waals surface area contributed by atoms with Gasteiger partial charge in [-0.15, -0.1) is 0 Å². The third kappa shape index (κ3) is 4.50. The van der Waals surface area contributed by atoms with Crippen molar-refractivity contribution in [2.45, 2.75) is 6.61 Å². The number of carbonyl (C=O) groups is 1. The average molecular weight is 321 g/mol. The van der Waals surface area contributed by atoms with E-state index in [1.807, 2.05) is 30.3 Å². The Bertz CT molecular complexity index is 654. The molecular weight excluding hydrogens is 304 g/mol. The van der Waals surface area contributed by atoms with E-state index in [2.05, 4.69) is 0 Å². The molecule has 0 saturated heterocycles. The van der Waals surface area contributed by atoms with Gasteiger partial charge in [0, 0.05) is 19.3 Å². The maximum absolute atomic E-state index is 13.7. The Morgan fingerprint density at radius 1 is 1.17 bits per heavy atom. The van der Waals surface area contributed by atoms with E-state index in [4.69, 9.17) is 9.84 Å². The molecule has 122 valence electrons. The predicted octanol–water partition coefficient (Wildman–Crippen LogP) is 3.32. The van der Waals surface area contributed by atoms with Gasteiger partial charge in [0.05, 0.1) is 13.2 Å². The van der Waals surface area contributed by atoms with E-state index in [0.29, 0.717) is 19.8 Å². The van der Waals surface area contributed by atoms with E-state index in [1.165, 1.54) is 0 Å². The summed E-state index contributed by atoms with van der Waals surface area (Å²) in [6, 6.07) is 11.6. The van der Waals surface area contributed by atoms with E-state index < -0.39 is 23.2 Å². The molecule has 2 rings (SSSR count). The van der Waals surface area contributed by atoms with Crippen LogP contribution in [-0.4, -0.2) is 31.3 Å². The third-order valence-electron chi connectivity index (χ3n) is 3.36. The summed E-state index contributed by atoms with van der Waals surface area (Å²) in [4.78, 5) is 12.4. The van der Waals surface area contributed by atoms with Crippen molar-refractivity contribution in [3.63, 3.8) is 0 Å². The van der Waals surface area contributed by atoms with E-state index in [9.17, 15) is 13.6 Å². The van der Waals surface area contributed by atoms with Crippen molar-refractivity contribution in [1.82, 2.24) is 0 Å². The highest BCUT2D eigenvalue weighted by Crippen LogP contribution is 2.21. The quantitative estimate of drug-likeness (QED) is 0.795. The monoisotopic (exact) mass is 321 g/mol. The summed E-state index contributed by atoms with van der Waals surface area (Å²) in [6.45, 7) is 1.24. The molecule has 0 heterocycles. The zero-order valence-electron chi connectivity index (χ0n) is 12.6. The first-order chi connectivity index (χ1) is 11.0. The Morgan fingerprint density at radius 2 is 1.78 bits per heavy atom. The molecule has 2 aromatic carbocycles. The van der Waals surface area contributed by atoms with Gasteiger partial charge in [-0.25, -0.2) is 13.6 Å². The number of halogens is 2. The highest BCUT2D eigenvalue weighted by Gasteiger charge is 2.18. The first kappa shape index (κ1) is 16.9. The molecule has 4 nitrogen and oxygen atoms in total. The average Bonchev–Trinajstić information content (AvgIpc) is 2.51. The summed E-state index contributed by atoms with van der Waals surface area (Å²) in [6.07, 6.45) is 0. The number of anilines is 1. The molecule has 0 unspecified atom stereocenters. The van der Waals surface area contributed by atoms with Gasteiger partial charge < -0.3 is 14.7 Å². The molecule has 1 N–H and O–H groups in total. The van der Waals surface area contributed by atoms with Crippen LogP contribution >= 0.6 is 0 Å². The second-order valence-corrected chi connectivity index (χ2v) is 5.05. The Labute approximate surface area is 132 Å². The number of hydrogen-bond donors (Lipinski definition) is 1. The lowest BCUT2D eigenvalue weighted by Crippen LogP contribution is -2.23. The summed E-state index contributed by atoms with van der Waals surface area (Å²) in [5, 5.41) is 8.74. The Kier molecular flexibility index (Phi) is 5.65. The van der Waals surface area contributed by atoms with E-state index >= 15 is 0 Å². The van der Waals surface area contributed by atoms with Crippen molar-refractivity contribution >= 4 is 11.7 Å². The van der Waals surface area contributed by atoms with Crippen LogP contribution in [-0.2, 0) is 11.3 Å². The number of carboxylic acid groups (broad SMARTS) is 1. The molecule has 0 amide bonds. The molecule has 0 saturated carbocycles. The van der Waals surface area contributed by atoms with Crippen molar-refractivity contribution in [2.75, 3.05) is 25.1 Å². The largest absolute Gasteiger partial charge is 0.477 e. The number of rotatable bonds is 7. The fourth-order valence-electron chi connectivity index (χ4n) is 2.08. The van der Waals surface area contributed by atoms with Gasteiger partial charge in [-0.2, -0.15) is 0 Å². The standard InChI is InChI=1S/C17H17F2NO3/c1-20(7-8-23-11-12-5-3-2-4-6-12)13-9-14(18)16(17(21)22)15(19)10-13/h2-6,9-10H,7-8,11H2,1H3,(H,21,22). The zero-order chi connectivity index (χ0) is 16.8. The molecule has 0 aromatic heterocycles. The maximum atomic E-state index is 13.7. The lowest BCUT2D eigenvalue weighted by molar-refractivity contribution is 0.0686. The summed E-state index contributed by atoms with van der Waals surface area (Å²) in [5.41, 5.74) is 0.355. The van der Waals surface area contributed by atoms with Crippen LogP contribution in [0.1, 0.15) is 15.9 Å². The number of nitrogens with zero attached hydrogens (tertiary/aromatic N) is 1. The number of carboxylic acids is 1. The van der Waals surface area contributed by atoms with Crippen LogP contribution in [0.4, 0.5) is 14.5 Å². The van der Waals surface area contributed by atoms with E-state index in [0.717, 1.165) is 17.7 Å². The summed E-state index contributed by atoms with van der Waals surface area (Å²) < 4.78 is 32.8. The lowest BCUT2D eigenvalue weighted by Gasteiger charge is -2.20. The fourth-order valence-corrected chi connectivity index (χ4v) is 2.08. The number of ether oxygens (including phenoxy) is 1. The van der Waals surface area contributed by atoms with Gasteiger partial charge in [-0.3, -0.25) is 0 Å². The minimum Gasteiger partial charge on any atom is -0.477 e. The Balaban J connectivity index is 1.91. The molecule has 0 spiro atoms. The van der Waals surface area contributed by atoms with Crippen LogP contribution in [0.2, 0.25) is 0 Å². The lowest BCUT2D eigenvalue weighted by atomic mass is 10.1. The highest BCUT2D eigenvalue weighted by molar-refractivity contribution is 5.88. The topological polar surface area (TPSA) is 49.8 Å². The van der Waals surface area contributed by atoms with Crippen molar-refractivity contribution in [3.8, 4) is 0 Å². The molecule has 0 aliphatic rings. The molecule has 0 aliphatic heterocycles. The second kappa shape index (κ2) is 7.69. The van der Waals surface area contributed by atoms with Crippen LogP contribution in [0.3, 0.4) is 0 Å². The number of likely N-dealkylation sites (N-methyl/N-ethyl adjacent to an activating group) is 1. The molecule has 0 fully saturated rings. The molecule has 0 bridgehead atoms. The van der Waals surface area contributed by atoms with Gasteiger partial charge in [-0.1, -0.05) is 30.3 Å². The summed E-state index contributed by atoms with van der Waals surface area (Å²) in [5.74, 6) is -3.81. The van der Waals surface area contributed by atoms with Crippen LogP contribution in [0, 0.1) is 11.6 Å². The molecule has 23 heavy (non-hydrogen) atoms. The molecule has 0 aliphatic carbocycles. The molecular formula is C17H17F2NO3. The van der Waals surface area contributed by atoms with Gasteiger partial charge in [0.25, 0.3) is 0 Å². The third-order valence-corrected chi connectivity index (χ3v) is 3.36. The number of benzene rings is 2. The first-order valence-electron chi connectivity index (χ1n) is 7.04. The predicted molar refractivity (Wildman–Crippen MR) is 82.7 cm³/mol. The second-order valence-electron chi connectivity index (χ2n) is 5.05. The van der Waals surface area contributed by atoms with Gasteiger partial charge in [0.1, 0.15) is 17.2 Å². The van der Waals surface area contributed by atoms with E-state index in [1.54, 1.807) is 11.9 Å². The fraction of sp³-hybridized carbons (Fsp3) is 0.235. The van der Waals surface area contributed by atoms with Crippen LogP contribution < -0.4 is 4.90 Å². The van der Waals surface area contributed by atoms with Crippen molar-refractivity contribution < 1.29 is 23.4 Å². The Morgan fingerprint density at radius 3 is 2.35 bits per heavy atom. The van der Waals surface area contributed by atoms with Gasteiger partial charge in [0.2, 0.25) is 0 Å². The maximum Gasteiger partial charge on any atom is 0.341 e. The highest BCUT2D eigenvalue weighted by atomic mass is 19.1. The van der Waals surface area contributed by atoms with Crippen molar-refractivity contribution in [2.24, 2.45) is 0 Å². The number of hydrogen-bond acceptors (Lipinski definition) is 3. The summed E-state index contributed by atoms with van der Waals surface area (Å²) in [7, 11) is 1.65.